The molecule has 0 spiro atoms. The summed E-state index contributed by atoms with van der Waals surface area (Å²) in [6, 6.07) is 12.5. The Morgan fingerprint density at radius 2 is 1.38 bits per heavy atom. The Bertz CT molecular complexity index is 961. The standard InChI is InChI=1S/C18H22N2O4S2/c1-2-15-5-9-17(10-6-15)25(21,22)19-16-7-11-18(12-8-16)26(23,24)20-13-3-4-14-20/h5-12,19H,2-4,13-14H2,1H3. The molecule has 1 aliphatic heterocycles. The summed E-state index contributed by atoms with van der Waals surface area (Å²) in [5.74, 6) is 0. The molecule has 6 nitrogen and oxygen atoms in total. The van der Waals surface area contributed by atoms with E-state index in [1.165, 1.54) is 28.6 Å². The first-order valence-corrected chi connectivity index (χ1v) is 11.5. The molecule has 1 fully saturated rings. The fourth-order valence-electron chi connectivity index (χ4n) is 2.89. The first kappa shape index (κ1) is 18.9. The second kappa shape index (κ2) is 7.38. The zero-order chi connectivity index (χ0) is 18.8. The molecule has 140 valence electrons. The fraction of sp³-hybridized carbons (Fsp3) is 0.333. The van der Waals surface area contributed by atoms with Gasteiger partial charge in [0.15, 0.2) is 0 Å². The van der Waals surface area contributed by atoms with Gasteiger partial charge in [0.25, 0.3) is 10.0 Å². The van der Waals surface area contributed by atoms with Gasteiger partial charge in [-0.25, -0.2) is 16.8 Å². The molecule has 0 atom stereocenters. The molecule has 3 rings (SSSR count). The Labute approximate surface area is 155 Å². The molecule has 0 unspecified atom stereocenters. The molecule has 0 saturated carbocycles. The van der Waals surface area contributed by atoms with Crippen LogP contribution in [0.4, 0.5) is 5.69 Å². The molecular formula is C18H22N2O4S2. The number of aryl methyl sites for hydroxylation is 1. The summed E-state index contributed by atoms with van der Waals surface area (Å²) in [4.78, 5) is 0.345. The van der Waals surface area contributed by atoms with E-state index in [4.69, 9.17) is 0 Å². The smallest absolute Gasteiger partial charge is 0.261 e. The fourth-order valence-corrected chi connectivity index (χ4v) is 5.47. The Kier molecular flexibility index (Phi) is 5.36. The van der Waals surface area contributed by atoms with Gasteiger partial charge in [0.1, 0.15) is 0 Å². The second-order valence-corrected chi connectivity index (χ2v) is 9.86. The maximum Gasteiger partial charge on any atom is 0.261 e. The Morgan fingerprint density at radius 3 is 1.92 bits per heavy atom. The summed E-state index contributed by atoms with van der Waals surface area (Å²) in [5.41, 5.74) is 1.38. The SMILES string of the molecule is CCc1ccc(S(=O)(=O)Nc2ccc(S(=O)(=O)N3CCCC3)cc2)cc1. The monoisotopic (exact) mass is 394 g/mol. The van der Waals surface area contributed by atoms with E-state index in [0.717, 1.165) is 24.8 Å². The third-order valence-electron chi connectivity index (χ3n) is 4.45. The Balaban J connectivity index is 1.78. The highest BCUT2D eigenvalue weighted by molar-refractivity contribution is 7.92. The third-order valence-corrected chi connectivity index (χ3v) is 7.76. The summed E-state index contributed by atoms with van der Waals surface area (Å²) in [5, 5.41) is 0. The van der Waals surface area contributed by atoms with E-state index in [1.807, 2.05) is 6.92 Å². The van der Waals surface area contributed by atoms with Gasteiger partial charge in [-0.2, -0.15) is 4.31 Å². The predicted molar refractivity (Wildman–Crippen MR) is 101 cm³/mol. The second-order valence-electron chi connectivity index (χ2n) is 6.24. The van der Waals surface area contributed by atoms with Gasteiger partial charge in [-0.05, 0) is 61.2 Å². The number of hydrogen-bond donors (Lipinski definition) is 1. The maximum atomic E-state index is 12.5. The minimum atomic E-state index is -3.71. The van der Waals surface area contributed by atoms with Crippen LogP contribution in [0.1, 0.15) is 25.3 Å². The number of rotatable bonds is 6. The van der Waals surface area contributed by atoms with Crippen LogP contribution in [0.25, 0.3) is 0 Å². The van der Waals surface area contributed by atoms with Gasteiger partial charge in [0.05, 0.1) is 9.79 Å². The lowest BCUT2D eigenvalue weighted by atomic mass is 10.2. The van der Waals surface area contributed by atoms with E-state index < -0.39 is 20.0 Å². The van der Waals surface area contributed by atoms with Crippen molar-refractivity contribution in [2.24, 2.45) is 0 Å². The third kappa shape index (κ3) is 3.92. The van der Waals surface area contributed by atoms with Crippen molar-refractivity contribution in [3.8, 4) is 0 Å². The van der Waals surface area contributed by atoms with Gasteiger partial charge in [-0.3, -0.25) is 4.72 Å². The molecule has 0 aromatic heterocycles. The maximum absolute atomic E-state index is 12.5. The van der Waals surface area contributed by atoms with Crippen LogP contribution in [0, 0.1) is 0 Å². The summed E-state index contributed by atoms with van der Waals surface area (Å²) < 4.78 is 53.9. The van der Waals surface area contributed by atoms with Crippen LogP contribution in [-0.4, -0.2) is 34.2 Å². The van der Waals surface area contributed by atoms with Gasteiger partial charge in [0, 0.05) is 18.8 Å². The summed E-state index contributed by atoms with van der Waals surface area (Å²) in [7, 11) is -7.22. The lowest BCUT2D eigenvalue weighted by Gasteiger charge is -2.16. The number of anilines is 1. The van der Waals surface area contributed by atoms with E-state index in [0.29, 0.717) is 18.8 Å². The van der Waals surface area contributed by atoms with Crippen molar-refractivity contribution in [3.63, 3.8) is 0 Å². The molecular weight excluding hydrogens is 372 g/mol. The van der Waals surface area contributed by atoms with Crippen molar-refractivity contribution >= 4 is 25.7 Å². The number of sulfonamides is 2. The molecule has 2 aromatic rings. The van der Waals surface area contributed by atoms with E-state index in [1.54, 1.807) is 24.3 Å². The predicted octanol–water partition coefficient (Wildman–Crippen LogP) is 2.83. The van der Waals surface area contributed by atoms with E-state index >= 15 is 0 Å². The average molecular weight is 395 g/mol. The largest absolute Gasteiger partial charge is 0.280 e. The molecule has 26 heavy (non-hydrogen) atoms. The highest BCUT2D eigenvalue weighted by atomic mass is 32.2. The van der Waals surface area contributed by atoms with Gasteiger partial charge < -0.3 is 0 Å². The van der Waals surface area contributed by atoms with Crippen molar-refractivity contribution < 1.29 is 16.8 Å². The van der Waals surface area contributed by atoms with Crippen LogP contribution in [0.15, 0.2) is 58.3 Å². The molecule has 2 aromatic carbocycles. The molecule has 1 heterocycles. The number of hydrogen-bond acceptors (Lipinski definition) is 4. The zero-order valence-electron chi connectivity index (χ0n) is 14.6. The van der Waals surface area contributed by atoms with E-state index in [-0.39, 0.29) is 9.79 Å². The van der Waals surface area contributed by atoms with Crippen molar-refractivity contribution in [2.45, 2.75) is 36.0 Å². The van der Waals surface area contributed by atoms with Crippen LogP contribution >= 0.6 is 0 Å². The first-order valence-electron chi connectivity index (χ1n) is 8.55. The van der Waals surface area contributed by atoms with Gasteiger partial charge in [0.2, 0.25) is 10.0 Å². The quantitative estimate of drug-likeness (QED) is 0.817. The van der Waals surface area contributed by atoms with Crippen LogP contribution < -0.4 is 4.72 Å². The van der Waals surface area contributed by atoms with E-state index in [9.17, 15) is 16.8 Å². The van der Waals surface area contributed by atoms with Crippen LogP contribution in [0.3, 0.4) is 0 Å². The lowest BCUT2D eigenvalue weighted by Crippen LogP contribution is -2.27. The number of nitrogens with zero attached hydrogens (tertiary/aromatic N) is 1. The minimum absolute atomic E-state index is 0.170. The molecule has 1 aliphatic rings. The highest BCUT2D eigenvalue weighted by Crippen LogP contribution is 2.23. The van der Waals surface area contributed by atoms with Crippen LogP contribution in [0.2, 0.25) is 0 Å². The summed E-state index contributed by atoms with van der Waals surface area (Å²) in [6.45, 7) is 3.06. The average Bonchev–Trinajstić information content (AvgIpc) is 3.17. The van der Waals surface area contributed by atoms with Crippen molar-refractivity contribution in [1.29, 1.82) is 0 Å². The molecule has 8 heteroatoms. The first-order chi connectivity index (χ1) is 12.3. The summed E-state index contributed by atoms with van der Waals surface area (Å²) in [6.07, 6.45) is 2.57. The highest BCUT2D eigenvalue weighted by Gasteiger charge is 2.27. The van der Waals surface area contributed by atoms with Crippen LogP contribution in [-0.2, 0) is 26.5 Å². The number of benzene rings is 2. The lowest BCUT2D eigenvalue weighted by molar-refractivity contribution is 0.477. The molecule has 1 N–H and O–H groups in total. The van der Waals surface area contributed by atoms with Crippen molar-refractivity contribution in [1.82, 2.24) is 4.31 Å². The van der Waals surface area contributed by atoms with Gasteiger partial charge in [-0.15, -0.1) is 0 Å². The zero-order valence-corrected chi connectivity index (χ0v) is 16.2. The Morgan fingerprint density at radius 1 is 0.846 bits per heavy atom. The normalized spacial score (nSPS) is 15.9. The van der Waals surface area contributed by atoms with Crippen molar-refractivity contribution in [3.05, 3.63) is 54.1 Å². The summed E-state index contributed by atoms with van der Waals surface area (Å²) >= 11 is 0. The van der Waals surface area contributed by atoms with Crippen molar-refractivity contribution in [2.75, 3.05) is 17.8 Å². The number of nitrogens with one attached hydrogen (secondary N) is 1. The molecule has 0 aliphatic carbocycles. The van der Waals surface area contributed by atoms with Gasteiger partial charge in [-0.1, -0.05) is 19.1 Å². The molecule has 0 bridgehead atoms. The Hall–Kier alpha value is -1.90. The van der Waals surface area contributed by atoms with Gasteiger partial charge >= 0.3 is 0 Å². The van der Waals surface area contributed by atoms with E-state index in [2.05, 4.69) is 4.72 Å². The molecule has 0 amide bonds. The van der Waals surface area contributed by atoms with Crippen LogP contribution in [0.5, 0.6) is 0 Å². The minimum Gasteiger partial charge on any atom is -0.280 e. The molecule has 0 radical (unpaired) electrons. The molecule has 1 saturated heterocycles. The topological polar surface area (TPSA) is 83.5 Å².